The molecule has 0 fully saturated rings. The molecule has 0 saturated heterocycles. The second-order valence-corrected chi connectivity index (χ2v) is 4.46. The average molecular weight is 272 g/mol. The molecule has 3 aromatic rings. The first-order valence-corrected chi connectivity index (χ1v) is 6.11. The van der Waals surface area contributed by atoms with Crippen LogP contribution in [0.4, 0.5) is 0 Å². The summed E-state index contributed by atoms with van der Waals surface area (Å²) in [6.07, 6.45) is 3.06. The molecule has 3 rings (SSSR count). The molecule has 4 nitrogen and oxygen atoms in total. The predicted octanol–water partition coefficient (Wildman–Crippen LogP) is 3.78. The second kappa shape index (κ2) is 4.82. The Balaban J connectivity index is 2.06. The van der Waals surface area contributed by atoms with Crippen LogP contribution in [0.1, 0.15) is 5.56 Å². The Bertz CT molecular complexity index is 728. The van der Waals surface area contributed by atoms with Crippen molar-refractivity contribution in [1.29, 1.82) is 0 Å². The first-order valence-electron chi connectivity index (χ1n) is 5.74. The SMILES string of the molecule is Cc1cccc2c(Oc3ccc(Cl)nc3)ncnc12. The Hall–Kier alpha value is -2.20. The zero-order chi connectivity index (χ0) is 13.2. The van der Waals surface area contributed by atoms with E-state index in [-0.39, 0.29) is 0 Å². The lowest BCUT2D eigenvalue weighted by molar-refractivity contribution is 0.466. The number of halogens is 1. The summed E-state index contributed by atoms with van der Waals surface area (Å²) in [6, 6.07) is 9.31. The first kappa shape index (κ1) is 11.9. The largest absolute Gasteiger partial charge is 0.437 e. The zero-order valence-corrected chi connectivity index (χ0v) is 10.9. The number of pyridine rings is 1. The van der Waals surface area contributed by atoms with Crippen LogP contribution in [0.15, 0.2) is 42.9 Å². The van der Waals surface area contributed by atoms with Crippen molar-refractivity contribution in [1.82, 2.24) is 15.0 Å². The Labute approximate surface area is 115 Å². The lowest BCUT2D eigenvalue weighted by Crippen LogP contribution is -1.93. The van der Waals surface area contributed by atoms with E-state index in [1.165, 1.54) is 6.33 Å². The van der Waals surface area contributed by atoms with Crippen molar-refractivity contribution in [2.75, 3.05) is 0 Å². The average Bonchev–Trinajstić information content (AvgIpc) is 2.43. The fourth-order valence-electron chi connectivity index (χ4n) is 1.83. The molecule has 1 aromatic carbocycles. The summed E-state index contributed by atoms with van der Waals surface area (Å²) in [4.78, 5) is 12.4. The van der Waals surface area contributed by atoms with Crippen LogP contribution in [0.25, 0.3) is 10.9 Å². The van der Waals surface area contributed by atoms with Gasteiger partial charge in [-0.05, 0) is 30.7 Å². The van der Waals surface area contributed by atoms with E-state index >= 15 is 0 Å². The third-order valence-corrected chi connectivity index (χ3v) is 2.97. The van der Waals surface area contributed by atoms with Crippen LogP contribution in [-0.4, -0.2) is 15.0 Å². The van der Waals surface area contributed by atoms with Crippen molar-refractivity contribution < 1.29 is 4.74 Å². The van der Waals surface area contributed by atoms with E-state index in [0.717, 1.165) is 16.5 Å². The number of rotatable bonds is 2. The van der Waals surface area contributed by atoms with E-state index in [2.05, 4.69) is 15.0 Å². The van der Waals surface area contributed by atoms with Gasteiger partial charge in [-0.25, -0.2) is 15.0 Å². The lowest BCUT2D eigenvalue weighted by atomic mass is 10.1. The van der Waals surface area contributed by atoms with Gasteiger partial charge in [0.1, 0.15) is 17.2 Å². The van der Waals surface area contributed by atoms with Gasteiger partial charge in [-0.3, -0.25) is 0 Å². The van der Waals surface area contributed by atoms with E-state index in [0.29, 0.717) is 16.8 Å². The smallest absolute Gasteiger partial charge is 0.230 e. The molecular formula is C14H10ClN3O. The number of aromatic nitrogens is 3. The third-order valence-electron chi connectivity index (χ3n) is 2.74. The van der Waals surface area contributed by atoms with E-state index in [1.807, 2.05) is 25.1 Å². The zero-order valence-electron chi connectivity index (χ0n) is 10.2. The van der Waals surface area contributed by atoms with Gasteiger partial charge in [-0.2, -0.15) is 0 Å². The summed E-state index contributed by atoms with van der Waals surface area (Å²) in [5, 5.41) is 1.30. The molecule has 0 saturated carbocycles. The number of hydrogen-bond donors (Lipinski definition) is 0. The van der Waals surface area contributed by atoms with Crippen LogP contribution in [0.2, 0.25) is 5.15 Å². The molecule has 0 spiro atoms. The minimum absolute atomic E-state index is 0.427. The van der Waals surface area contributed by atoms with Gasteiger partial charge >= 0.3 is 0 Å². The van der Waals surface area contributed by atoms with Crippen molar-refractivity contribution in [3.05, 3.63) is 53.6 Å². The molecule has 0 aliphatic rings. The van der Waals surface area contributed by atoms with Crippen LogP contribution < -0.4 is 4.74 Å². The van der Waals surface area contributed by atoms with Gasteiger partial charge < -0.3 is 4.74 Å². The molecule has 0 aliphatic carbocycles. The molecule has 2 heterocycles. The van der Waals surface area contributed by atoms with Crippen LogP contribution in [-0.2, 0) is 0 Å². The number of aryl methyl sites for hydroxylation is 1. The molecule has 0 aliphatic heterocycles. The molecule has 94 valence electrons. The minimum atomic E-state index is 0.427. The molecular weight excluding hydrogens is 262 g/mol. The minimum Gasteiger partial charge on any atom is -0.437 e. The standard InChI is InChI=1S/C14H10ClN3O/c1-9-3-2-4-11-13(9)17-8-18-14(11)19-10-5-6-12(15)16-7-10/h2-8H,1H3. The molecule has 0 amide bonds. The number of hydrogen-bond acceptors (Lipinski definition) is 4. The van der Waals surface area contributed by atoms with Gasteiger partial charge in [0, 0.05) is 0 Å². The molecule has 0 unspecified atom stereocenters. The highest BCUT2D eigenvalue weighted by atomic mass is 35.5. The van der Waals surface area contributed by atoms with E-state index in [9.17, 15) is 0 Å². The van der Waals surface area contributed by atoms with Crippen LogP contribution in [0.3, 0.4) is 0 Å². The highest BCUT2D eigenvalue weighted by Gasteiger charge is 2.07. The number of nitrogens with zero attached hydrogens (tertiary/aromatic N) is 3. The van der Waals surface area contributed by atoms with Crippen LogP contribution in [0.5, 0.6) is 11.6 Å². The monoisotopic (exact) mass is 271 g/mol. The number of ether oxygens (including phenoxy) is 1. The number of para-hydroxylation sites is 1. The second-order valence-electron chi connectivity index (χ2n) is 4.07. The Morgan fingerprint density at radius 3 is 2.74 bits per heavy atom. The number of benzene rings is 1. The summed E-state index contributed by atoms with van der Waals surface area (Å²) >= 11 is 5.74. The van der Waals surface area contributed by atoms with Crippen molar-refractivity contribution in [2.45, 2.75) is 6.92 Å². The van der Waals surface area contributed by atoms with Crippen LogP contribution in [0, 0.1) is 6.92 Å². The van der Waals surface area contributed by atoms with Gasteiger partial charge in [-0.15, -0.1) is 0 Å². The summed E-state index contributed by atoms with van der Waals surface area (Å²) in [5.41, 5.74) is 1.97. The highest BCUT2D eigenvalue weighted by molar-refractivity contribution is 6.29. The number of fused-ring (bicyclic) bond motifs is 1. The quantitative estimate of drug-likeness (QED) is 0.666. The third kappa shape index (κ3) is 2.35. The van der Waals surface area contributed by atoms with Gasteiger partial charge in [-0.1, -0.05) is 23.7 Å². The fraction of sp³-hybridized carbons (Fsp3) is 0.0714. The fourth-order valence-corrected chi connectivity index (χ4v) is 1.94. The van der Waals surface area contributed by atoms with Crippen molar-refractivity contribution in [2.24, 2.45) is 0 Å². The maximum absolute atomic E-state index is 5.74. The Kier molecular flexibility index (Phi) is 3.01. The summed E-state index contributed by atoms with van der Waals surface area (Å²) < 4.78 is 5.73. The van der Waals surface area contributed by atoms with Crippen molar-refractivity contribution >= 4 is 22.5 Å². The van der Waals surface area contributed by atoms with Gasteiger partial charge in [0.15, 0.2) is 0 Å². The molecule has 0 N–H and O–H groups in total. The first-order chi connectivity index (χ1) is 9.24. The van der Waals surface area contributed by atoms with Crippen molar-refractivity contribution in [3.63, 3.8) is 0 Å². The van der Waals surface area contributed by atoms with Crippen molar-refractivity contribution in [3.8, 4) is 11.6 Å². The highest BCUT2D eigenvalue weighted by Crippen LogP contribution is 2.27. The molecule has 19 heavy (non-hydrogen) atoms. The molecule has 0 atom stereocenters. The summed E-state index contributed by atoms with van der Waals surface area (Å²) in [5.74, 6) is 1.10. The van der Waals surface area contributed by atoms with E-state index in [1.54, 1.807) is 18.3 Å². The summed E-state index contributed by atoms with van der Waals surface area (Å²) in [6.45, 7) is 2.00. The summed E-state index contributed by atoms with van der Waals surface area (Å²) in [7, 11) is 0. The topological polar surface area (TPSA) is 47.9 Å². The van der Waals surface area contributed by atoms with E-state index < -0.39 is 0 Å². The molecule has 2 aromatic heterocycles. The predicted molar refractivity (Wildman–Crippen MR) is 73.6 cm³/mol. The van der Waals surface area contributed by atoms with Crippen LogP contribution >= 0.6 is 11.6 Å². The molecule has 0 radical (unpaired) electrons. The van der Waals surface area contributed by atoms with Gasteiger partial charge in [0.05, 0.1) is 17.1 Å². The normalized spacial score (nSPS) is 10.6. The molecule has 5 heteroatoms. The van der Waals surface area contributed by atoms with Gasteiger partial charge in [0.25, 0.3) is 0 Å². The van der Waals surface area contributed by atoms with E-state index in [4.69, 9.17) is 16.3 Å². The Morgan fingerprint density at radius 2 is 1.95 bits per heavy atom. The maximum atomic E-state index is 5.74. The molecule has 0 bridgehead atoms. The van der Waals surface area contributed by atoms with Gasteiger partial charge in [0.2, 0.25) is 5.88 Å². The Morgan fingerprint density at radius 1 is 1.05 bits per heavy atom. The maximum Gasteiger partial charge on any atom is 0.230 e. The lowest BCUT2D eigenvalue weighted by Gasteiger charge is -2.07.